The van der Waals surface area contributed by atoms with Crippen molar-refractivity contribution < 1.29 is 18.7 Å². The number of nitrogens with one attached hydrogen (secondary N) is 1. The summed E-state index contributed by atoms with van der Waals surface area (Å²) < 4.78 is 19.0. The molecule has 2 amide bonds. The number of ether oxygens (including phenoxy) is 1. The summed E-state index contributed by atoms with van der Waals surface area (Å²) in [5, 5.41) is 3.14. The van der Waals surface area contributed by atoms with E-state index in [2.05, 4.69) is 26.1 Å². The number of halogens is 1. The number of benzene rings is 2. The van der Waals surface area contributed by atoms with Gasteiger partial charge in [0.05, 0.1) is 11.7 Å². The van der Waals surface area contributed by atoms with Crippen LogP contribution in [-0.2, 0) is 19.7 Å². The average Bonchev–Trinajstić information content (AvgIpc) is 2.95. The number of rotatable bonds is 8. The summed E-state index contributed by atoms with van der Waals surface area (Å²) in [4.78, 5) is 27.6. The lowest BCUT2D eigenvalue weighted by atomic mass is 9.87. The van der Waals surface area contributed by atoms with Crippen LogP contribution in [0.5, 0.6) is 0 Å². The first-order valence-corrected chi connectivity index (χ1v) is 10.9. The van der Waals surface area contributed by atoms with E-state index in [0.29, 0.717) is 24.3 Å². The Balaban J connectivity index is 1.89. The Labute approximate surface area is 189 Å². The third kappa shape index (κ3) is 5.43. The minimum absolute atomic E-state index is 0.00503. The number of carbonyl (C=O) groups excluding carboxylic acids is 2. The number of carbonyl (C=O) groups is 2. The molecule has 0 saturated heterocycles. The molecule has 2 aromatic rings. The quantitative estimate of drug-likeness (QED) is 0.459. The molecule has 6 heteroatoms. The molecule has 1 aliphatic heterocycles. The lowest BCUT2D eigenvalue weighted by Crippen LogP contribution is -2.34. The number of amides is 2. The second kappa shape index (κ2) is 9.65. The van der Waals surface area contributed by atoms with Gasteiger partial charge < -0.3 is 10.1 Å². The van der Waals surface area contributed by atoms with E-state index in [0.717, 1.165) is 5.56 Å². The van der Waals surface area contributed by atoms with Crippen LogP contribution in [0.3, 0.4) is 0 Å². The second-order valence-electron chi connectivity index (χ2n) is 9.24. The minimum atomic E-state index is -0.402. The summed E-state index contributed by atoms with van der Waals surface area (Å²) in [6, 6.07) is 13.4. The molecule has 0 aromatic heterocycles. The van der Waals surface area contributed by atoms with Crippen molar-refractivity contribution >= 4 is 23.1 Å². The Morgan fingerprint density at radius 2 is 1.59 bits per heavy atom. The van der Waals surface area contributed by atoms with Crippen LogP contribution in [0.1, 0.15) is 52.2 Å². The first-order valence-electron chi connectivity index (χ1n) is 10.9. The highest BCUT2D eigenvalue weighted by Gasteiger charge is 2.38. The van der Waals surface area contributed by atoms with Gasteiger partial charge in [0.15, 0.2) is 0 Å². The van der Waals surface area contributed by atoms with Gasteiger partial charge in [-0.25, -0.2) is 4.39 Å². The van der Waals surface area contributed by atoms with Crippen LogP contribution in [0.25, 0.3) is 5.57 Å². The van der Waals surface area contributed by atoms with Crippen molar-refractivity contribution in [2.24, 2.45) is 0 Å². The van der Waals surface area contributed by atoms with Gasteiger partial charge in [-0.3, -0.25) is 14.5 Å². The fourth-order valence-electron chi connectivity index (χ4n) is 3.52. The summed E-state index contributed by atoms with van der Waals surface area (Å²) in [5.41, 5.74) is 2.83. The molecule has 0 bridgehead atoms. The number of hydrogen-bond donors (Lipinski definition) is 1. The molecule has 32 heavy (non-hydrogen) atoms. The fourth-order valence-corrected chi connectivity index (χ4v) is 3.52. The molecule has 0 atom stereocenters. The molecular weight excluding hydrogens is 407 g/mol. The summed E-state index contributed by atoms with van der Waals surface area (Å²) in [7, 11) is 0. The Hall–Kier alpha value is -2.99. The molecule has 0 radical (unpaired) electrons. The van der Waals surface area contributed by atoms with Gasteiger partial charge in [-0.1, -0.05) is 45.0 Å². The van der Waals surface area contributed by atoms with E-state index in [9.17, 15) is 14.0 Å². The van der Waals surface area contributed by atoms with Crippen LogP contribution in [0.2, 0.25) is 0 Å². The number of anilines is 1. The Morgan fingerprint density at radius 3 is 2.16 bits per heavy atom. The van der Waals surface area contributed by atoms with Gasteiger partial charge in [0.2, 0.25) is 0 Å². The SMILES string of the molecule is CC(C)OCCCN1C(=O)C(Nc2ccc(C(C)(C)C)cc2)=C(c2ccc(F)cc2)C1=O. The molecule has 0 spiro atoms. The molecular formula is C26H31FN2O3. The summed E-state index contributed by atoms with van der Waals surface area (Å²) in [6.07, 6.45) is 0.626. The maximum Gasteiger partial charge on any atom is 0.278 e. The Kier molecular flexibility index (Phi) is 7.14. The predicted octanol–water partition coefficient (Wildman–Crippen LogP) is 5.13. The molecule has 170 valence electrons. The third-order valence-corrected chi connectivity index (χ3v) is 5.30. The summed E-state index contributed by atoms with van der Waals surface area (Å²) in [6.45, 7) is 11.0. The van der Waals surface area contributed by atoms with Gasteiger partial charge in [-0.05, 0) is 61.1 Å². The van der Waals surface area contributed by atoms with Crippen molar-refractivity contribution in [3.8, 4) is 0 Å². The van der Waals surface area contributed by atoms with Gasteiger partial charge in [0.25, 0.3) is 11.8 Å². The maximum atomic E-state index is 13.5. The molecule has 1 heterocycles. The van der Waals surface area contributed by atoms with E-state index in [1.807, 2.05) is 38.1 Å². The minimum Gasteiger partial charge on any atom is -0.379 e. The first-order chi connectivity index (χ1) is 15.1. The van der Waals surface area contributed by atoms with Gasteiger partial charge in [-0.15, -0.1) is 0 Å². The molecule has 2 aromatic carbocycles. The van der Waals surface area contributed by atoms with E-state index in [1.165, 1.54) is 29.2 Å². The normalized spacial score (nSPS) is 14.7. The van der Waals surface area contributed by atoms with Crippen molar-refractivity contribution in [1.82, 2.24) is 4.90 Å². The smallest absolute Gasteiger partial charge is 0.278 e. The van der Waals surface area contributed by atoms with Crippen LogP contribution in [0.15, 0.2) is 54.2 Å². The molecule has 3 rings (SSSR count). The van der Waals surface area contributed by atoms with Crippen molar-refractivity contribution in [3.63, 3.8) is 0 Å². The molecule has 5 nitrogen and oxygen atoms in total. The molecule has 1 aliphatic rings. The van der Waals surface area contributed by atoms with E-state index in [-0.39, 0.29) is 35.2 Å². The number of hydrogen-bond acceptors (Lipinski definition) is 4. The van der Waals surface area contributed by atoms with Crippen molar-refractivity contribution in [1.29, 1.82) is 0 Å². The number of nitrogens with zero attached hydrogens (tertiary/aromatic N) is 1. The van der Waals surface area contributed by atoms with Crippen LogP contribution >= 0.6 is 0 Å². The molecule has 0 unspecified atom stereocenters. The summed E-state index contributed by atoms with van der Waals surface area (Å²) >= 11 is 0. The van der Waals surface area contributed by atoms with Gasteiger partial charge in [0, 0.05) is 18.8 Å². The monoisotopic (exact) mass is 438 g/mol. The number of imide groups is 1. The third-order valence-electron chi connectivity index (χ3n) is 5.30. The highest BCUT2D eigenvalue weighted by Crippen LogP contribution is 2.31. The first kappa shape index (κ1) is 23.7. The fraction of sp³-hybridized carbons (Fsp3) is 0.385. The Bertz CT molecular complexity index is 1000. The molecule has 0 aliphatic carbocycles. The molecule has 1 N–H and O–H groups in total. The second-order valence-corrected chi connectivity index (χ2v) is 9.24. The zero-order valence-electron chi connectivity index (χ0n) is 19.4. The van der Waals surface area contributed by atoms with Crippen molar-refractivity contribution in [2.45, 2.75) is 52.6 Å². The van der Waals surface area contributed by atoms with E-state index < -0.39 is 11.7 Å². The predicted molar refractivity (Wildman–Crippen MR) is 125 cm³/mol. The molecule has 0 fully saturated rings. The van der Waals surface area contributed by atoms with E-state index in [4.69, 9.17) is 4.74 Å². The Morgan fingerprint density at radius 1 is 0.969 bits per heavy atom. The lowest BCUT2D eigenvalue weighted by molar-refractivity contribution is -0.137. The van der Waals surface area contributed by atoms with Crippen LogP contribution in [0, 0.1) is 5.82 Å². The van der Waals surface area contributed by atoms with Crippen molar-refractivity contribution in [3.05, 3.63) is 71.2 Å². The van der Waals surface area contributed by atoms with Gasteiger partial charge >= 0.3 is 0 Å². The van der Waals surface area contributed by atoms with Crippen LogP contribution in [-0.4, -0.2) is 36.0 Å². The largest absolute Gasteiger partial charge is 0.379 e. The standard InChI is InChI=1S/C26H31FN2O3/c1-17(2)32-16-6-15-29-24(30)22(18-7-11-20(27)12-8-18)23(25(29)31)28-21-13-9-19(10-14-21)26(3,4)5/h7-14,17,28H,6,15-16H2,1-5H3. The highest BCUT2D eigenvalue weighted by molar-refractivity contribution is 6.36. The van der Waals surface area contributed by atoms with Crippen molar-refractivity contribution in [2.75, 3.05) is 18.5 Å². The van der Waals surface area contributed by atoms with Crippen LogP contribution in [0.4, 0.5) is 10.1 Å². The zero-order valence-corrected chi connectivity index (χ0v) is 19.4. The average molecular weight is 439 g/mol. The van der Waals surface area contributed by atoms with Crippen LogP contribution < -0.4 is 5.32 Å². The topological polar surface area (TPSA) is 58.6 Å². The zero-order chi connectivity index (χ0) is 23.5. The summed E-state index contributed by atoms with van der Waals surface area (Å²) in [5.74, 6) is -1.18. The van der Waals surface area contributed by atoms with Gasteiger partial charge in [0.1, 0.15) is 11.5 Å². The lowest BCUT2D eigenvalue weighted by Gasteiger charge is -2.19. The molecule has 0 saturated carbocycles. The van der Waals surface area contributed by atoms with Gasteiger partial charge in [-0.2, -0.15) is 0 Å². The van der Waals surface area contributed by atoms with E-state index >= 15 is 0 Å². The highest BCUT2D eigenvalue weighted by atomic mass is 19.1. The maximum absolute atomic E-state index is 13.5. The van der Waals surface area contributed by atoms with E-state index in [1.54, 1.807) is 0 Å².